The quantitative estimate of drug-likeness (QED) is 0.748. The summed E-state index contributed by atoms with van der Waals surface area (Å²) in [6, 6.07) is 6.17. The van der Waals surface area contributed by atoms with E-state index in [9.17, 15) is 4.79 Å². The van der Waals surface area contributed by atoms with Gasteiger partial charge in [0.1, 0.15) is 0 Å². The standard InChI is InChI=1S/C17H26N2O2/c1-5-19(12-6-11-18(3)4)16-9-7-15(14(2)13-16)8-10-17(20)21/h7-10,13H,5-6,11-12H2,1-4H3,(H,20,21)/b10-8+. The van der Waals surface area contributed by atoms with Crippen LogP contribution in [-0.2, 0) is 4.79 Å². The molecule has 0 aliphatic rings. The molecule has 0 aliphatic heterocycles. The van der Waals surface area contributed by atoms with Crippen molar-refractivity contribution in [2.24, 2.45) is 0 Å². The Morgan fingerprint density at radius 3 is 2.52 bits per heavy atom. The van der Waals surface area contributed by atoms with Crippen molar-refractivity contribution in [1.29, 1.82) is 0 Å². The highest BCUT2D eigenvalue weighted by atomic mass is 16.4. The van der Waals surface area contributed by atoms with Crippen LogP contribution >= 0.6 is 0 Å². The van der Waals surface area contributed by atoms with Gasteiger partial charge in [-0.2, -0.15) is 0 Å². The van der Waals surface area contributed by atoms with Crippen LogP contribution in [0.5, 0.6) is 0 Å². The largest absolute Gasteiger partial charge is 0.478 e. The molecule has 0 fully saturated rings. The van der Waals surface area contributed by atoms with Gasteiger partial charge in [0.25, 0.3) is 0 Å². The van der Waals surface area contributed by atoms with E-state index in [4.69, 9.17) is 5.11 Å². The van der Waals surface area contributed by atoms with Crippen LogP contribution in [0.4, 0.5) is 5.69 Å². The molecule has 0 atom stereocenters. The molecule has 116 valence electrons. The minimum Gasteiger partial charge on any atom is -0.478 e. The summed E-state index contributed by atoms with van der Waals surface area (Å²) in [6.07, 6.45) is 3.95. The lowest BCUT2D eigenvalue weighted by Gasteiger charge is -2.24. The summed E-state index contributed by atoms with van der Waals surface area (Å²) >= 11 is 0. The lowest BCUT2D eigenvalue weighted by atomic mass is 10.1. The number of rotatable bonds is 8. The predicted octanol–water partition coefficient (Wildman–Crippen LogP) is 2.87. The molecule has 0 unspecified atom stereocenters. The van der Waals surface area contributed by atoms with Crippen LogP contribution < -0.4 is 4.90 Å². The third-order valence-electron chi connectivity index (χ3n) is 3.44. The van der Waals surface area contributed by atoms with Gasteiger partial charge in [0.2, 0.25) is 0 Å². The molecule has 0 aliphatic carbocycles. The third kappa shape index (κ3) is 6.00. The summed E-state index contributed by atoms with van der Waals surface area (Å²) in [6.45, 7) is 7.24. The normalized spacial score (nSPS) is 11.3. The highest BCUT2D eigenvalue weighted by Gasteiger charge is 2.06. The molecule has 1 aromatic carbocycles. The molecule has 0 spiro atoms. The Morgan fingerprint density at radius 1 is 1.29 bits per heavy atom. The van der Waals surface area contributed by atoms with E-state index in [1.165, 1.54) is 11.8 Å². The Morgan fingerprint density at radius 2 is 2.00 bits per heavy atom. The molecule has 21 heavy (non-hydrogen) atoms. The van der Waals surface area contributed by atoms with E-state index in [1.807, 2.05) is 13.0 Å². The fourth-order valence-corrected chi connectivity index (χ4v) is 2.25. The van der Waals surface area contributed by atoms with Gasteiger partial charge in [0.05, 0.1) is 0 Å². The van der Waals surface area contributed by atoms with Crippen molar-refractivity contribution in [3.63, 3.8) is 0 Å². The topological polar surface area (TPSA) is 43.8 Å². The van der Waals surface area contributed by atoms with Crippen LogP contribution in [-0.4, -0.2) is 49.7 Å². The number of carboxylic acid groups (broad SMARTS) is 1. The van der Waals surface area contributed by atoms with E-state index in [-0.39, 0.29) is 0 Å². The van der Waals surface area contributed by atoms with Crippen molar-refractivity contribution in [2.75, 3.05) is 38.6 Å². The Balaban J connectivity index is 2.77. The van der Waals surface area contributed by atoms with E-state index in [0.717, 1.165) is 37.2 Å². The lowest BCUT2D eigenvalue weighted by molar-refractivity contribution is -0.131. The molecule has 1 aromatic rings. The zero-order valence-corrected chi connectivity index (χ0v) is 13.5. The van der Waals surface area contributed by atoms with Crippen LogP contribution in [0, 0.1) is 6.92 Å². The van der Waals surface area contributed by atoms with Crippen LogP contribution in [0.2, 0.25) is 0 Å². The first kappa shape index (κ1) is 17.2. The molecule has 0 aromatic heterocycles. The SMILES string of the molecule is CCN(CCCN(C)C)c1ccc(/C=C/C(=O)O)c(C)c1. The molecule has 0 saturated carbocycles. The molecule has 0 bridgehead atoms. The third-order valence-corrected chi connectivity index (χ3v) is 3.44. The number of aliphatic carboxylic acids is 1. The van der Waals surface area contributed by atoms with Crippen molar-refractivity contribution in [2.45, 2.75) is 20.3 Å². The maximum Gasteiger partial charge on any atom is 0.328 e. The highest BCUT2D eigenvalue weighted by molar-refractivity contribution is 5.85. The van der Waals surface area contributed by atoms with Crippen molar-refractivity contribution >= 4 is 17.7 Å². The summed E-state index contributed by atoms with van der Waals surface area (Å²) in [5, 5.41) is 8.69. The molecular weight excluding hydrogens is 264 g/mol. The Bertz CT molecular complexity index is 496. The van der Waals surface area contributed by atoms with E-state index in [1.54, 1.807) is 6.08 Å². The Hall–Kier alpha value is -1.81. The first-order valence-electron chi connectivity index (χ1n) is 7.35. The maximum atomic E-state index is 10.6. The number of carbonyl (C=O) groups is 1. The van der Waals surface area contributed by atoms with E-state index >= 15 is 0 Å². The van der Waals surface area contributed by atoms with Crippen molar-refractivity contribution < 1.29 is 9.90 Å². The number of carboxylic acids is 1. The van der Waals surface area contributed by atoms with Gasteiger partial charge in [-0.1, -0.05) is 6.07 Å². The summed E-state index contributed by atoms with van der Waals surface area (Å²) in [7, 11) is 4.17. The average molecular weight is 290 g/mol. The predicted molar refractivity (Wildman–Crippen MR) is 88.9 cm³/mol. The summed E-state index contributed by atoms with van der Waals surface area (Å²) in [5.41, 5.74) is 3.24. The van der Waals surface area contributed by atoms with Gasteiger partial charge in [0, 0.05) is 24.9 Å². The Labute approximate surface area is 127 Å². The van der Waals surface area contributed by atoms with Crippen LogP contribution in [0.25, 0.3) is 6.08 Å². The van der Waals surface area contributed by atoms with E-state index < -0.39 is 5.97 Å². The van der Waals surface area contributed by atoms with Gasteiger partial charge in [0.15, 0.2) is 0 Å². The number of anilines is 1. The molecule has 0 radical (unpaired) electrons. The lowest BCUT2D eigenvalue weighted by Crippen LogP contribution is -2.27. The summed E-state index contributed by atoms with van der Waals surface area (Å²) in [5.74, 6) is -0.919. The first-order valence-corrected chi connectivity index (χ1v) is 7.35. The molecule has 4 heteroatoms. The summed E-state index contributed by atoms with van der Waals surface area (Å²) in [4.78, 5) is 15.1. The van der Waals surface area contributed by atoms with Crippen LogP contribution in [0.1, 0.15) is 24.5 Å². The zero-order chi connectivity index (χ0) is 15.8. The minimum atomic E-state index is -0.919. The van der Waals surface area contributed by atoms with Crippen molar-refractivity contribution in [3.05, 3.63) is 35.4 Å². The molecule has 0 saturated heterocycles. The van der Waals surface area contributed by atoms with Crippen LogP contribution in [0.15, 0.2) is 24.3 Å². The van der Waals surface area contributed by atoms with Crippen LogP contribution in [0.3, 0.4) is 0 Å². The molecule has 0 heterocycles. The minimum absolute atomic E-state index is 0.919. The Kier molecular flexibility index (Phi) is 6.96. The average Bonchev–Trinajstić information content (AvgIpc) is 2.42. The molecule has 4 nitrogen and oxygen atoms in total. The fourth-order valence-electron chi connectivity index (χ4n) is 2.25. The van der Waals surface area contributed by atoms with Crippen molar-refractivity contribution in [3.8, 4) is 0 Å². The summed E-state index contributed by atoms with van der Waals surface area (Å²) < 4.78 is 0. The number of hydrogen-bond acceptors (Lipinski definition) is 3. The number of aryl methyl sites for hydroxylation is 1. The van der Waals surface area contributed by atoms with Gasteiger partial charge in [-0.25, -0.2) is 4.79 Å². The van der Waals surface area contributed by atoms with Gasteiger partial charge in [-0.15, -0.1) is 0 Å². The number of nitrogens with zero attached hydrogens (tertiary/aromatic N) is 2. The van der Waals surface area contributed by atoms with Gasteiger partial charge in [-0.3, -0.25) is 0 Å². The maximum absolute atomic E-state index is 10.6. The van der Waals surface area contributed by atoms with Gasteiger partial charge >= 0.3 is 5.97 Å². The smallest absolute Gasteiger partial charge is 0.328 e. The van der Waals surface area contributed by atoms with Gasteiger partial charge in [-0.05, 0) is 70.2 Å². The molecule has 1 rings (SSSR count). The number of hydrogen-bond donors (Lipinski definition) is 1. The van der Waals surface area contributed by atoms with E-state index in [0.29, 0.717) is 0 Å². The second-order valence-corrected chi connectivity index (χ2v) is 5.45. The zero-order valence-electron chi connectivity index (χ0n) is 13.5. The van der Waals surface area contributed by atoms with Gasteiger partial charge < -0.3 is 14.9 Å². The first-order chi connectivity index (χ1) is 9.93. The highest BCUT2D eigenvalue weighted by Crippen LogP contribution is 2.20. The van der Waals surface area contributed by atoms with Crippen molar-refractivity contribution in [1.82, 2.24) is 4.90 Å². The number of benzene rings is 1. The molecular formula is C17H26N2O2. The second-order valence-electron chi connectivity index (χ2n) is 5.45. The second kappa shape index (κ2) is 8.47. The fraction of sp³-hybridized carbons (Fsp3) is 0.471. The monoisotopic (exact) mass is 290 g/mol. The molecule has 0 amide bonds. The molecule has 1 N–H and O–H groups in total. The van der Waals surface area contributed by atoms with E-state index in [2.05, 4.69) is 43.0 Å².